The van der Waals surface area contributed by atoms with Crippen LogP contribution < -0.4 is 0 Å². The highest BCUT2D eigenvalue weighted by Gasteiger charge is 1.97. The number of hydrogen-bond donors (Lipinski definition) is 0. The molecule has 0 amide bonds. The Morgan fingerprint density at radius 3 is 2.50 bits per heavy atom. The molecule has 0 aliphatic heterocycles. The average molecular weight is 261 g/mol. The summed E-state index contributed by atoms with van der Waals surface area (Å²) in [7, 11) is -4.55. The predicted molar refractivity (Wildman–Crippen MR) is 62.6 cm³/mol. The molecule has 0 unspecified atom stereocenters. The molecule has 4 nitrogen and oxygen atoms in total. The fourth-order valence-electron chi connectivity index (χ4n) is 1.23. The smallest absolute Gasteiger partial charge is 0.228 e. The highest BCUT2D eigenvalue weighted by molar-refractivity contribution is 8.02. The zero-order valence-corrected chi connectivity index (χ0v) is 10.3. The van der Waals surface area contributed by atoms with Gasteiger partial charge in [-0.3, -0.25) is 0 Å². The summed E-state index contributed by atoms with van der Waals surface area (Å²) < 4.78 is 34.3. The van der Waals surface area contributed by atoms with E-state index in [9.17, 15) is 13.0 Å². The molecule has 0 aliphatic rings. The molecule has 1 aromatic carbocycles. The summed E-state index contributed by atoms with van der Waals surface area (Å²) in [5.41, 5.74) is 1.25. The molecule has 0 aromatic heterocycles. The third-order valence-electron chi connectivity index (χ3n) is 1.92. The first-order chi connectivity index (χ1) is 7.58. The fourth-order valence-corrected chi connectivity index (χ4v) is 2.29. The molecule has 90 valence electrons. The van der Waals surface area contributed by atoms with Crippen molar-refractivity contribution in [2.75, 3.05) is 5.75 Å². The van der Waals surface area contributed by atoms with E-state index in [0.717, 1.165) is 19.3 Å². The number of unbranched alkanes of at least 4 members (excludes halogenated alkanes) is 1. The van der Waals surface area contributed by atoms with E-state index in [1.54, 1.807) is 0 Å². The Kier molecular flexibility index (Phi) is 5.83. The molecular formula is C10H13O4S2-. The lowest BCUT2D eigenvalue weighted by atomic mass is 10.1. The summed E-state index contributed by atoms with van der Waals surface area (Å²) in [6.45, 7) is 0. The van der Waals surface area contributed by atoms with E-state index < -0.39 is 10.4 Å². The molecule has 0 aliphatic carbocycles. The van der Waals surface area contributed by atoms with Crippen LogP contribution >= 0.6 is 12.0 Å². The topological polar surface area (TPSA) is 66.4 Å². The summed E-state index contributed by atoms with van der Waals surface area (Å²) in [6.07, 6.45) is 2.71. The van der Waals surface area contributed by atoms with Crippen LogP contribution in [0.4, 0.5) is 0 Å². The summed E-state index contributed by atoms with van der Waals surface area (Å²) in [6, 6.07) is 10.0. The van der Waals surface area contributed by atoms with Gasteiger partial charge in [0.1, 0.15) is 0 Å². The van der Waals surface area contributed by atoms with Crippen molar-refractivity contribution in [2.45, 2.75) is 19.3 Å². The van der Waals surface area contributed by atoms with Gasteiger partial charge in [0, 0.05) is 17.8 Å². The van der Waals surface area contributed by atoms with Gasteiger partial charge in [0.15, 0.2) is 0 Å². The molecule has 0 saturated heterocycles. The largest absolute Gasteiger partial charge is 0.725 e. The van der Waals surface area contributed by atoms with E-state index in [1.165, 1.54) is 5.56 Å². The Bertz CT molecular complexity index is 389. The van der Waals surface area contributed by atoms with Gasteiger partial charge in [-0.05, 0) is 24.8 Å². The van der Waals surface area contributed by atoms with Crippen molar-refractivity contribution >= 4 is 22.4 Å². The standard InChI is InChI=1S/C10H14O4S2/c11-16(12,13)14-15-9-5-4-8-10-6-2-1-3-7-10/h1-3,6-7H,4-5,8-9H2,(H,11,12,13)/p-1. The first kappa shape index (κ1) is 13.5. The zero-order valence-electron chi connectivity index (χ0n) is 8.66. The van der Waals surface area contributed by atoms with Crippen LogP contribution in [0.2, 0.25) is 0 Å². The van der Waals surface area contributed by atoms with Crippen LogP contribution in [-0.2, 0) is 20.4 Å². The average Bonchev–Trinajstić information content (AvgIpc) is 2.23. The second-order valence-corrected chi connectivity index (χ2v) is 5.25. The zero-order chi connectivity index (χ0) is 11.9. The SMILES string of the molecule is O=S(=O)([O-])OSCCCCc1ccccc1. The lowest BCUT2D eigenvalue weighted by Gasteiger charge is -2.05. The third-order valence-corrected chi connectivity index (χ3v) is 3.42. The molecule has 0 bridgehead atoms. The number of hydrogen-bond acceptors (Lipinski definition) is 5. The maximum atomic E-state index is 10.1. The molecule has 0 saturated carbocycles. The molecule has 0 N–H and O–H groups in total. The monoisotopic (exact) mass is 261 g/mol. The molecular weight excluding hydrogens is 248 g/mol. The fraction of sp³-hybridized carbons (Fsp3) is 0.400. The summed E-state index contributed by atoms with van der Waals surface area (Å²) in [4.78, 5) is 0. The maximum Gasteiger partial charge on any atom is 0.228 e. The van der Waals surface area contributed by atoms with Gasteiger partial charge < -0.3 is 4.55 Å². The van der Waals surface area contributed by atoms with E-state index in [1.807, 2.05) is 30.3 Å². The molecule has 0 fully saturated rings. The van der Waals surface area contributed by atoms with Crippen LogP contribution in [0.1, 0.15) is 18.4 Å². The molecule has 16 heavy (non-hydrogen) atoms. The number of rotatable bonds is 7. The summed E-state index contributed by atoms with van der Waals surface area (Å²) in [5.74, 6) is 0.508. The molecule has 0 spiro atoms. The van der Waals surface area contributed by atoms with Crippen molar-refractivity contribution in [3.05, 3.63) is 35.9 Å². The highest BCUT2D eigenvalue weighted by Crippen LogP contribution is 2.11. The van der Waals surface area contributed by atoms with Crippen molar-refractivity contribution in [3.8, 4) is 0 Å². The van der Waals surface area contributed by atoms with Gasteiger partial charge in [0.05, 0.1) is 0 Å². The first-order valence-corrected chi connectivity index (χ1v) is 7.13. The Hall–Kier alpha value is -0.560. The van der Waals surface area contributed by atoms with Crippen molar-refractivity contribution in [1.82, 2.24) is 0 Å². The third kappa shape index (κ3) is 6.84. The first-order valence-electron chi connectivity index (χ1n) is 4.89. The lowest BCUT2D eigenvalue weighted by Crippen LogP contribution is -1.98. The van der Waals surface area contributed by atoms with E-state index in [2.05, 4.69) is 3.63 Å². The van der Waals surface area contributed by atoms with Gasteiger partial charge in [-0.1, -0.05) is 30.3 Å². The molecule has 1 rings (SSSR count). The summed E-state index contributed by atoms with van der Waals surface area (Å²) >= 11 is 0.695. The van der Waals surface area contributed by atoms with E-state index in [4.69, 9.17) is 0 Å². The van der Waals surface area contributed by atoms with Gasteiger partial charge in [0.2, 0.25) is 10.4 Å². The Labute approximate surface area is 100 Å². The van der Waals surface area contributed by atoms with E-state index >= 15 is 0 Å². The van der Waals surface area contributed by atoms with Crippen molar-refractivity contribution in [3.63, 3.8) is 0 Å². The van der Waals surface area contributed by atoms with Gasteiger partial charge >= 0.3 is 0 Å². The Balaban J connectivity index is 2.05. The second kappa shape index (κ2) is 6.90. The van der Waals surface area contributed by atoms with E-state index in [0.29, 0.717) is 17.8 Å². The maximum absolute atomic E-state index is 10.1. The molecule has 0 heterocycles. The minimum atomic E-state index is -4.55. The van der Waals surface area contributed by atoms with Crippen LogP contribution in [0, 0.1) is 0 Å². The van der Waals surface area contributed by atoms with Crippen LogP contribution in [0.25, 0.3) is 0 Å². The van der Waals surface area contributed by atoms with Crippen LogP contribution in [-0.4, -0.2) is 18.7 Å². The van der Waals surface area contributed by atoms with Crippen LogP contribution in [0.15, 0.2) is 30.3 Å². The Morgan fingerprint density at radius 1 is 1.19 bits per heavy atom. The van der Waals surface area contributed by atoms with Gasteiger partial charge in [0.25, 0.3) is 0 Å². The van der Waals surface area contributed by atoms with Crippen molar-refractivity contribution in [1.29, 1.82) is 0 Å². The molecule has 6 heteroatoms. The highest BCUT2D eigenvalue weighted by atomic mass is 32.3. The van der Waals surface area contributed by atoms with Crippen LogP contribution in [0.3, 0.4) is 0 Å². The van der Waals surface area contributed by atoms with Gasteiger partial charge in [-0.2, -0.15) is 0 Å². The van der Waals surface area contributed by atoms with Crippen molar-refractivity contribution in [2.24, 2.45) is 0 Å². The molecule has 0 radical (unpaired) electrons. The second-order valence-electron chi connectivity index (χ2n) is 3.24. The van der Waals surface area contributed by atoms with Gasteiger partial charge in [-0.25, -0.2) is 12.0 Å². The minimum Gasteiger partial charge on any atom is -0.725 e. The minimum absolute atomic E-state index is 0.508. The quantitative estimate of drug-likeness (QED) is 0.325. The lowest BCUT2D eigenvalue weighted by molar-refractivity contribution is 0.391. The summed E-state index contributed by atoms with van der Waals surface area (Å²) in [5, 5.41) is 0. The normalized spacial score (nSPS) is 11.6. The Morgan fingerprint density at radius 2 is 1.88 bits per heavy atom. The number of benzene rings is 1. The predicted octanol–water partition coefficient (Wildman–Crippen LogP) is 2.13. The number of aryl methyl sites for hydroxylation is 1. The van der Waals surface area contributed by atoms with Gasteiger partial charge in [-0.15, -0.1) is 0 Å². The van der Waals surface area contributed by atoms with E-state index in [-0.39, 0.29) is 0 Å². The van der Waals surface area contributed by atoms with Crippen molar-refractivity contribution < 1.29 is 16.6 Å². The molecule has 1 aromatic rings. The molecule has 0 atom stereocenters. The van der Waals surface area contributed by atoms with Crippen LogP contribution in [0.5, 0.6) is 0 Å².